The largest absolute Gasteiger partial charge is 0.368 e. The van der Waals surface area contributed by atoms with Gasteiger partial charge in [-0.05, 0) is 34.5 Å². The molecule has 0 saturated heterocycles. The van der Waals surface area contributed by atoms with E-state index in [-0.39, 0.29) is 0 Å². The fourth-order valence-corrected chi connectivity index (χ4v) is 4.28. The van der Waals surface area contributed by atoms with Crippen molar-refractivity contribution < 1.29 is 0 Å². The van der Waals surface area contributed by atoms with E-state index in [0.29, 0.717) is 5.95 Å². The average Bonchev–Trinajstić information content (AvgIpc) is 3.01. The van der Waals surface area contributed by atoms with Crippen molar-refractivity contribution >= 4 is 60.6 Å². The lowest BCUT2D eigenvalue weighted by molar-refractivity contribution is 1.14. The molecule has 0 radical (unpaired) electrons. The van der Waals surface area contributed by atoms with Gasteiger partial charge in [0.25, 0.3) is 0 Å². The number of aryl methyl sites for hydroxylation is 1. The van der Waals surface area contributed by atoms with Crippen molar-refractivity contribution in [2.24, 2.45) is 0 Å². The van der Waals surface area contributed by atoms with Gasteiger partial charge in [0.2, 0.25) is 5.95 Å². The lowest BCUT2D eigenvalue weighted by Gasteiger charge is -2.05. The summed E-state index contributed by atoms with van der Waals surface area (Å²) in [6.45, 7) is 2.87. The van der Waals surface area contributed by atoms with Gasteiger partial charge < -0.3 is 11.1 Å². The Labute approximate surface area is 133 Å². The van der Waals surface area contributed by atoms with Crippen LogP contribution in [-0.2, 0) is 13.0 Å². The van der Waals surface area contributed by atoms with Crippen molar-refractivity contribution in [1.29, 1.82) is 0 Å². The Morgan fingerprint density at radius 3 is 2.85 bits per heavy atom. The number of halogens is 1. The number of nitrogens with zero attached hydrogens (tertiary/aromatic N) is 2. The fraction of sp³-hybridized carbons (Fsp3) is 0.231. The van der Waals surface area contributed by atoms with Gasteiger partial charge in [0, 0.05) is 19.6 Å². The summed E-state index contributed by atoms with van der Waals surface area (Å²) in [7, 11) is 0. The number of rotatable bonds is 4. The van der Waals surface area contributed by atoms with E-state index >= 15 is 0 Å². The zero-order valence-electron chi connectivity index (χ0n) is 10.8. The number of hydrogen-bond donors (Lipinski definition) is 2. The summed E-state index contributed by atoms with van der Waals surface area (Å²) in [6.07, 6.45) is 0.998. The molecule has 0 unspecified atom stereocenters. The summed E-state index contributed by atoms with van der Waals surface area (Å²) < 4.78 is 1.11. The Balaban J connectivity index is 1.91. The van der Waals surface area contributed by atoms with Gasteiger partial charge in [-0.25, -0.2) is 4.98 Å². The molecule has 0 fully saturated rings. The fourth-order valence-electron chi connectivity index (χ4n) is 1.91. The van der Waals surface area contributed by atoms with E-state index in [1.165, 1.54) is 9.75 Å². The quantitative estimate of drug-likeness (QED) is 0.721. The van der Waals surface area contributed by atoms with Crippen molar-refractivity contribution in [2.75, 3.05) is 11.1 Å². The summed E-state index contributed by atoms with van der Waals surface area (Å²) >= 11 is 6.84. The first-order valence-electron chi connectivity index (χ1n) is 6.18. The number of thiophene rings is 2. The first-order valence-corrected chi connectivity index (χ1v) is 8.67. The van der Waals surface area contributed by atoms with Crippen LogP contribution >= 0.6 is 38.6 Å². The molecule has 0 aliphatic rings. The number of anilines is 2. The monoisotopic (exact) mass is 368 g/mol. The SMILES string of the molecule is CCc1cc2c(NCc3cc(Br)cs3)nc(N)nc2s1. The molecule has 4 nitrogen and oxygen atoms in total. The maximum atomic E-state index is 5.79. The van der Waals surface area contributed by atoms with Gasteiger partial charge in [0.05, 0.1) is 11.9 Å². The number of fused-ring (bicyclic) bond motifs is 1. The maximum Gasteiger partial charge on any atom is 0.223 e. The van der Waals surface area contributed by atoms with Crippen molar-refractivity contribution in [3.8, 4) is 0 Å². The minimum absolute atomic E-state index is 0.317. The predicted molar refractivity (Wildman–Crippen MR) is 90.6 cm³/mol. The molecule has 3 heterocycles. The van der Waals surface area contributed by atoms with E-state index in [4.69, 9.17) is 5.73 Å². The second kappa shape index (κ2) is 5.67. The molecule has 0 atom stereocenters. The summed E-state index contributed by atoms with van der Waals surface area (Å²) in [5.74, 6) is 1.13. The molecule has 3 N–H and O–H groups in total. The van der Waals surface area contributed by atoms with Crippen LogP contribution in [0, 0.1) is 0 Å². The van der Waals surface area contributed by atoms with Crippen molar-refractivity contribution in [1.82, 2.24) is 9.97 Å². The lowest BCUT2D eigenvalue weighted by atomic mass is 10.3. The van der Waals surface area contributed by atoms with Gasteiger partial charge in [-0.2, -0.15) is 4.98 Å². The van der Waals surface area contributed by atoms with Crippen LogP contribution in [0.3, 0.4) is 0 Å². The number of hydrogen-bond acceptors (Lipinski definition) is 6. The molecule has 3 aromatic heterocycles. The molecule has 0 amide bonds. The minimum Gasteiger partial charge on any atom is -0.368 e. The van der Waals surface area contributed by atoms with Gasteiger partial charge >= 0.3 is 0 Å². The highest BCUT2D eigenvalue weighted by molar-refractivity contribution is 9.10. The Bertz CT molecular complexity index is 750. The molecule has 7 heteroatoms. The van der Waals surface area contributed by atoms with Crippen LogP contribution in [0.2, 0.25) is 0 Å². The zero-order chi connectivity index (χ0) is 14.1. The van der Waals surface area contributed by atoms with E-state index in [1.54, 1.807) is 22.7 Å². The number of nitrogens with two attached hydrogens (primary N) is 1. The first kappa shape index (κ1) is 13.8. The molecule has 0 aromatic carbocycles. The third kappa shape index (κ3) is 2.79. The summed E-state index contributed by atoms with van der Waals surface area (Å²) in [5, 5.41) is 6.48. The van der Waals surface area contributed by atoms with Crippen LogP contribution in [0.5, 0.6) is 0 Å². The molecule has 0 bridgehead atoms. The highest BCUT2D eigenvalue weighted by Gasteiger charge is 2.10. The highest BCUT2D eigenvalue weighted by Crippen LogP contribution is 2.30. The van der Waals surface area contributed by atoms with Crippen molar-refractivity contribution in [3.05, 3.63) is 31.7 Å². The van der Waals surface area contributed by atoms with Crippen LogP contribution in [0.15, 0.2) is 22.0 Å². The van der Waals surface area contributed by atoms with Crippen LogP contribution in [0.25, 0.3) is 10.2 Å². The highest BCUT2D eigenvalue weighted by atomic mass is 79.9. The standard InChI is InChI=1S/C13H13BrN4S2/c1-2-8-4-10-11(17-13(15)18-12(10)20-8)16-5-9-3-7(14)6-19-9/h3-4,6H,2,5H2,1H3,(H3,15,16,17,18). The van der Waals surface area contributed by atoms with Gasteiger partial charge in [0.1, 0.15) is 10.6 Å². The predicted octanol–water partition coefficient (Wildman–Crippen LogP) is 4.27. The third-order valence-electron chi connectivity index (χ3n) is 2.86. The molecule has 0 spiro atoms. The number of nitrogen functional groups attached to an aromatic ring is 1. The van der Waals surface area contributed by atoms with Crippen molar-refractivity contribution in [2.45, 2.75) is 19.9 Å². The Hall–Kier alpha value is -1.18. The first-order chi connectivity index (χ1) is 9.65. The van der Waals surface area contributed by atoms with E-state index in [2.05, 4.69) is 55.7 Å². The summed E-state index contributed by atoms with van der Waals surface area (Å²) in [4.78, 5) is 12.1. The number of nitrogens with one attached hydrogen (secondary N) is 1. The third-order valence-corrected chi connectivity index (χ3v) is 5.73. The molecule has 0 saturated carbocycles. The molecule has 20 heavy (non-hydrogen) atoms. The zero-order valence-corrected chi connectivity index (χ0v) is 14.0. The van der Waals surface area contributed by atoms with E-state index < -0.39 is 0 Å². The van der Waals surface area contributed by atoms with E-state index in [0.717, 1.165) is 33.5 Å². The molecule has 104 valence electrons. The number of aromatic nitrogens is 2. The molecule has 0 aliphatic heterocycles. The lowest BCUT2D eigenvalue weighted by Crippen LogP contribution is -2.03. The normalized spacial score (nSPS) is 11.1. The second-order valence-electron chi connectivity index (χ2n) is 4.30. The topological polar surface area (TPSA) is 63.8 Å². The molecule has 3 rings (SSSR count). The van der Waals surface area contributed by atoms with Crippen LogP contribution in [0.1, 0.15) is 16.7 Å². The Morgan fingerprint density at radius 2 is 2.15 bits per heavy atom. The van der Waals surface area contributed by atoms with E-state index in [9.17, 15) is 0 Å². The van der Waals surface area contributed by atoms with Crippen LogP contribution in [0.4, 0.5) is 11.8 Å². The second-order valence-corrected chi connectivity index (χ2v) is 7.33. The molecular weight excluding hydrogens is 356 g/mol. The summed E-state index contributed by atoms with van der Waals surface area (Å²) in [6, 6.07) is 4.25. The Kier molecular flexibility index (Phi) is 3.91. The summed E-state index contributed by atoms with van der Waals surface area (Å²) in [5.41, 5.74) is 5.79. The molecule has 0 aliphatic carbocycles. The smallest absolute Gasteiger partial charge is 0.223 e. The van der Waals surface area contributed by atoms with Gasteiger partial charge in [0.15, 0.2) is 0 Å². The van der Waals surface area contributed by atoms with Gasteiger partial charge in [-0.3, -0.25) is 0 Å². The van der Waals surface area contributed by atoms with Crippen LogP contribution in [-0.4, -0.2) is 9.97 Å². The van der Waals surface area contributed by atoms with Crippen LogP contribution < -0.4 is 11.1 Å². The molecule has 3 aromatic rings. The van der Waals surface area contributed by atoms with Gasteiger partial charge in [-0.1, -0.05) is 6.92 Å². The van der Waals surface area contributed by atoms with Crippen molar-refractivity contribution in [3.63, 3.8) is 0 Å². The maximum absolute atomic E-state index is 5.79. The van der Waals surface area contributed by atoms with E-state index in [1.807, 2.05) is 0 Å². The minimum atomic E-state index is 0.317. The Morgan fingerprint density at radius 1 is 1.30 bits per heavy atom. The van der Waals surface area contributed by atoms with Gasteiger partial charge in [-0.15, -0.1) is 22.7 Å². The molecular formula is C13H13BrN4S2. The average molecular weight is 369 g/mol.